The second kappa shape index (κ2) is 6.34. The Labute approximate surface area is 87.1 Å². The summed E-state index contributed by atoms with van der Waals surface area (Å²) in [7, 11) is 0. The van der Waals surface area contributed by atoms with E-state index in [-0.39, 0.29) is 12.5 Å². The van der Waals surface area contributed by atoms with Gasteiger partial charge in [-0.05, 0) is 23.9 Å². The van der Waals surface area contributed by atoms with Crippen molar-refractivity contribution in [1.29, 1.82) is 0 Å². The highest BCUT2D eigenvalue weighted by atomic mass is 32.1. The van der Waals surface area contributed by atoms with Gasteiger partial charge in [0.15, 0.2) is 0 Å². The molecule has 3 nitrogen and oxygen atoms in total. The first-order valence-electron chi connectivity index (χ1n) is 4.43. The lowest BCUT2D eigenvalue weighted by Gasteiger charge is -1.98. The summed E-state index contributed by atoms with van der Waals surface area (Å²) in [5.74, 6) is -0.119. The van der Waals surface area contributed by atoms with Gasteiger partial charge in [0.05, 0.1) is 0 Å². The third kappa shape index (κ3) is 4.20. The molecular weight excluding hydrogens is 198 g/mol. The molecule has 0 saturated carbocycles. The molecule has 0 saturated heterocycles. The van der Waals surface area contributed by atoms with Crippen LogP contribution in [0.4, 0.5) is 0 Å². The van der Waals surface area contributed by atoms with Crippen molar-refractivity contribution in [2.45, 2.75) is 6.42 Å². The molecule has 0 aliphatic carbocycles. The molecule has 0 unspecified atom stereocenters. The Balaban J connectivity index is 2.26. The molecule has 0 aromatic carbocycles. The monoisotopic (exact) mass is 211 g/mol. The largest absolute Gasteiger partial charge is 0.396 e. The molecule has 0 radical (unpaired) electrons. The van der Waals surface area contributed by atoms with Gasteiger partial charge in [0.1, 0.15) is 0 Å². The van der Waals surface area contributed by atoms with E-state index in [2.05, 4.69) is 5.32 Å². The predicted octanol–water partition coefficient (Wildman–Crippen LogP) is 1.26. The van der Waals surface area contributed by atoms with Crippen molar-refractivity contribution in [3.8, 4) is 0 Å². The van der Waals surface area contributed by atoms with E-state index < -0.39 is 0 Å². The van der Waals surface area contributed by atoms with E-state index in [1.54, 1.807) is 17.4 Å². The Kier molecular flexibility index (Phi) is 4.96. The lowest BCUT2D eigenvalue weighted by molar-refractivity contribution is -0.116. The first-order chi connectivity index (χ1) is 6.83. The molecule has 0 spiro atoms. The van der Waals surface area contributed by atoms with Gasteiger partial charge >= 0.3 is 0 Å². The van der Waals surface area contributed by atoms with Crippen LogP contribution < -0.4 is 5.32 Å². The van der Waals surface area contributed by atoms with Crippen LogP contribution in [0.5, 0.6) is 0 Å². The summed E-state index contributed by atoms with van der Waals surface area (Å²) in [6, 6.07) is 3.89. The zero-order chi connectivity index (χ0) is 10.2. The number of carbonyl (C=O) groups is 1. The summed E-state index contributed by atoms with van der Waals surface area (Å²) in [6.45, 7) is 0.624. The summed E-state index contributed by atoms with van der Waals surface area (Å²) in [5, 5.41) is 13.1. The summed E-state index contributed by atoms with van der Waals surface area (Å²) >= 11 is 1.59. The SMILES string of the molecule is O=C(/C=C/c1cccs1)NCCCO. The lowest BCUT2D eigenvalue weighted by Crippen LogP contribution is -2.22. The van der Waals surface area contributed by atoms with Crippen LogP contribution in [0.3, 0.4) is 0 Å². The van der Waals surface area contributed by atoms with Gasteiger partial charge in [0.2, 0.25) is 5.91 Å². The molecule has 0 atom stereocenters. The Morgan fingerprint density at radius 1 is 1.64 bits per heavy atom. The van der Waals surface area contributed by atoms with Crippen LogP contribution in [0.1, 0.15) is 11.3 Å². The molecule has 1 amide bonds. The second-order valence-electron chi connectivity index (χ2n) is 2.72. The Morgan fingerprint density at radius 3 is 3.14 bits per heavy atom. The number of nitrogens with one attached hydrogen (secondary N) is 1. The minimum absolute atomic E-state index is 0.106. The first-order valence-corrected chi connectivity index (χ1v) is 5.31. The van der Waals surface area contributed by atoms with E-state index in [1.807, 2.05) is 17.5 Å². The summed E-state index contributed by atoms with van der Waals surface area (Å²) < 4.78 is 0. The highest BCUT2D eigenvalue weighted by Gasteiger charge is 1.93. The van der Waals surface area contributed by atoms with Gasteiger partial charge in [-0.1, -0.05) is 6.07 Å². The fourth-order valence-corrected chi connectivity index (χ4v) is 1.51. The number of amides is 1. The van der Waals surface area contributed by atoms with Gasteiger partial charge in [-0.25, -0.2) is 0 Å². The first kappa shape index (κ1) is 10.9. The topological polar surface area (TPSA) is 49.3 Å². The smallest absolute Gasteiger partial charge is 0.244 e. The maximum absolute atomic E-state index is 11.1. The lowest BCUT2D eigenvalue weighted by atomic mass is 10.4. The van der Waals surface area contributed by atoms with Crippen LogP contribution in [0, 0.1) is 0 Å². The highest BCUT2D eigenvalue weighted by molar-refractivity contribution is 7.10. The fraction of sp³-hybridized carbons (Fsp3) is 0.300. The quantitative estimate of drug-likeness (QED) is 0.569. The number of hydrogen-bond donors (Lipinski definition) is 2. The van der Waals surface area contributed by atoms with Crippen LogP contribution in [0.2, 0.25) is 0 Å². The van der Waals surface area contributed by atoms with E-state index in [0.717, 1.165) is 4.88 Å². The molecular formula is C10H13NO2S. The number of aliphatic hydroxyl groups is 1. The molecule has 1 aromatic rings. The zero-order valence-corrected chi connectivity index (χ0v) is 8.59. The minimum Gasteiger partial charge on any atom is -0.396 e. The average Bonchev–Trinajstić information content (AvgIpc) is 2.68. The van der Waals surface area contributed by atoms with Crippen molar-refractivity contribution in [2.24, 2.45) is 0 Å². The molecule has 1 heterocycles. The molecule has 14 heavy (non-hydrogen) atoms. The van der Waals surface area contributed by atoms with Crippen molar-refractivity contribution < 1.29 is 9.90 Å². The van der Waals surface area contributed by atoms with Crippen LogP contribution in [-0.2, 0) is 4.79 Å². The summed E-state index contributed by atoms with van der Waals surface area (Å²) in [4.78, 5) is 12.2. The molecule has 1 aromatic heterocycles. The van der Waals surface area contributed by atoms with Gasteiger partial charge < -0.3 is 10.4 Å². The van der Waals surface area contributed by atoms with Crippen molar-refractivity contribution in [1.82, 2.24) is 5.32 Å². The Bertz CT molecular complexity index is 293. The van der Waals surface area contributed by atoms with Crippen molar-refractivity contribution >= 4 is 23.3 Å². The third-order valence-corrected chi connectivity index (χ3v) is 2.41. The molecule has 0 bridgehead atoms. The molecule has 76 valence electrons. The Morgan fingerprint density at radius 2 is 2.50 bits per heavy atom. The molecule has 4 heteroatoms. The average molecular weight is 211 g/mol. The maximum Gasteiger partial charge on any atom is 0.244 e. The second-order valence-corrected chi connectivity index (χ2v) is 3.70. The fourth-order valence-electron chi connectivity index (χ4n) is 0.893. The normalized spacial score (nSPS) is 10.6. The van der Waals surface area contributed by atoms with Gasteiger partial charge in [-0.3, -0.25) is 4.79 Å². The Hall–Kier alpha value is -1.13. The van der Waals surface area contributed by atoms with Crippen molar-refractivity contribution in [3.63, 3.8) is 0 Å². The number of thiophene rings is 1. The number of hydrogen-bond acceptors (Lipinski definition) is 3. The maximum atomic E-state index is 11.1. The molecule has 2 N–H and O–H groups in total. The van der Waals surface area contributed by atoms with Gasteiger partial charge in [0.25, 0.3) is 0 Å². The van der Waals surface area contributed by atoms with Crippen molar-refractivity contribution in [3.05, 3.63) is 28.5 Å². The predicted molar refractivity (Wildman–Crippen MR) is 58.1 cm³/mol. The van der Waals surface area contributed by atoms with Gasteiger partial charge in [-0.15, -0.1) is 11.3 Å². The minimum atomic E-state index is -0.119. The molecule has 1 rings (SSSR count). The van der Waals surface area contributed by atoms with Crippen molar-refractivity contribution in [2.75, 3.05) is 13.2 Å². The van der Waals surface area contributed by atoms with E-state index in [4.69, 9.17) is 5.11 Å². The zero-order valence-electron chi connectivity index (χ0n) is 7.77. The standard InChI is InChI=1S/C10H13NO2S/c12-7-2-6-11-10(13)5-4-9-3-1-8-14-9/h1,3-5,8,12H,2,6-7H2,(H,11,13)/b5-4+. The number of carbonyl (C=O) groups excluding carboxylic acids is 1. The molecule has 0 aliphatic heterocycles. The van der Waals surface area contributed by atoms with E-state index >= 15 is 0 Å². The van der Waals surface area contributed by atoms with E-state index in [9.17, 15) is 4.79 Å². The van der Waals surface area contributed by atoms with E-state index in [1.165, 1.54) is 6.08 Å². The molecule has 0 fully saturated rings. The highest BCUT2D eigenvalue weighted by Crippen LogP contribution is 2.09. The van der Waals surface area contributed by atoms with Crippen LogP contribution in [-0.4, -0.2) is 24.2 Å². The number of rotatable bonds is 5. The number of aliphatic hydroxyl groups excluding tert-OH is 1. The summed E-state index contributed by atoms with van der Waals surface area (Å²) in [5.41, 5.74) is 0. The van der Waals surface area contributed by atoms with Gasteiger partial charge in [-0.2, -0.15) is 0 Å². The van der Waals surface area contributed by atoms with Crippen LogP contribution in [0.15, 0.2) is 23.6 Å². The summed E-state index contributed by atoms with van der Waals surface area (Å²) in [6.07, 6.45) is 3.88. The van der Waals surface area contributed by atoms with Crippen LogP contribution >= 0.6 is 11.3 Å². The third-order valence-electron chi connectivity index (χ3n) is 1.58. The molecule has 0 aliphatic rings. The van der Waals surface area contributed by atoms with Gasteiger partial charge in [0, 0.05) is 24.1 Å². The van der Waals surface area contributed by atoms with E-state index in [0.29, 0.717) is 13.0 Å². The van der Waals surface area contributed by atoms with Crippen LogP contribution in [0.25, 0.3) is 6.08 Å².